The van der Waals surface area contributed by atoms with Gasteiger partial charge in [0.05, 0.1) is 26.6 Å². The zero-order valence-electron chi connectivity index (χ0n) is 8.67. The maximum atomic E-state index is 11.8. The second-order valence-electron chi connectivity index (χ2n) is 3.48. The number of amides is 2. The van der Waals surface area contributed by atoms with E-state index in [0.29, 0.717) is 26.6 Å². The van der Waals surface area contributed by atoms with E-state index >= 15 is 0 Å². The van der Waals surface area contributed by atoms with Crippen LogP contribution < -0.4 is 5.32 Å². The van der Waals surface area contributed by atoms with Gasteiger partial charge in [0.25, 0.3) is 0 Å². The molecule has 2 rings (SSSR count). The Bertz CT molecular complexity index is 449. The first kappa shape index (κ1) is 13.1. The van der Waals surface area contributed by atoms with E-state index in [1.54, 1.807) is 22.7 Å². The molecular formula is C10H9Cl3N2OS. The number of carbonyl (C=O) groups is 1. The van der Waals surface area contributed by atoms with Gasteiger partial charge in [-0.25, -0.2) is 4.79 Å². The van der Waals surface area contributed by atoms with E-state index in [4.69, 9.17) is 34.8 Å². The van der Waals surface area contributed by atoms with Crippen molar-refractivity contribution in [2.24, 2.45) is 0 Å². The summed E-state index contributed by atoms with van der Waals surface area (Å²) in [7, 11) is 0. The lowest BCUT2D eigenvalue weighted by Gasteiger charge is -2.16. The molecule has 0 unspecified atom stereocenters. The maximum Gasteiger partial charge on any atom is 0.322 e. The average Bonchev–Trinajstić information content (AvgIpc) is 2.79. The van der Waals surface area contributed by atoms with Crippen LogP contribution in [0.5, 0.6) is 0 Å². The highest BCUT2D eigenvalue weighted by atomic mass is 35.5. The fourth-order valence-electron chi connectivity index (χ4n) is 1.39. The monoisotopic (exact) mass is 310 g/mol. The van der Waals surface area contributed by atoms with Gasteiger partial charge in [-0.1, -0.05) is 34.8 Å². The number of hydrogen-bond donors (Lipinski definition) is 1. The van der Waals surface area contributed by atoms with Gasteiger partial charge in [-0.05, 0) is 12.1 Å². The first-order valence-corrected chi connectivity index (χ1v) is 7.15. The zero-order chi connectivity index (χ0) is 12.4. The number of anilines is 1. The van der Waals surface area contributed by atoms with E-state index in [1.807, 2.05) is 0 Å². The Morgan fingerprint density at radius 1 is 1.24 bits per heavy atom. The second kappa shape index (κ2) is 5.57. The molecule has 1 N–H and O–H groups in total. The van der Waals surface area contributed by atoms with Crippen molar-refractivity contribution >= 4 is 58.3 Å². The molecule has 1 aliphatic rings. The molecule has 1 aliphatic heterocycles. The molecule has 0 aromatic heterocycles. The molecule has 3 nitrogen and oxygen atoms in total. The Balaban J connectivity index is 2.12. The number of rotatable bonds is 1. The number of benzene rings is 1. The van der Waals surface area contributed by atoms with E-state index in [9.17, 15) is 4.79 Å². The SMILES string of the molecule is O=C(Nc1cc(Cl)c(Cl)cc1Cl)N1CCSC1. The zero-order valence-corrected chi connectivity index (χ0v) is 11.8. The van der Waals surface area contributed by atoms with Crippen molar-refractivity contribution in [1.82, 2.24) is 4.90 Å². The summed E-state index contributed by atoms with van der Waals surface area (Å²) in [6.45, 7) is 0.745. The highest BCUT2D eigenvalue weighted by Gasteiger charge is 2.19. The average molecular weight is 312 g/mol. The molecule has 0 saturated carbocycles. The summed E-state index contributed by atoms with van der Waals surface area (Å²) in [5, 5.41) is 3.82. The quantitative estimate of drug-likeness (QED) is 0.789. The van der Waals surface area contributed by atoms with Crippen molar-refractivity contribution in [2.45, 2.75) is 0 Å². The van der Waals surface area contributed by atoms with Gasteiger partial charge in [-0.2, -0.15) is 0 Å². The lowest BCUT2D eigenvalue weighted by Crippen LogP contribution is -2.32. The minimum absolute atomic E-state index is 0.171. The molecule has 17 heavy (non-hydrogen) atoms. The third-order valence-electron chi connectivity index (χ3n) is 2.29. The minimum atomic E-state index is -0.171. The van der Waals surface area contributed by atoms with Crippen molar-refractivity contribution in [2.75, 3.05) is 23.5 Å². The van der Waals surface area contributed by atoms with Crippen LogP contribution in [0.25, 0.3) is 0 Å². The van der Waals surface area contributed by atoms with Gasteiger partial charge in [-0.3, -0.25) is 0 Å². The third-order valence-corrected chi connectivity index (χ3v) is 4.29. The van der Waals surface area contributed by atoms with Gasteiger partial charge in [0.15, 0.2) is 0 Å². The van der Waals surface area contributed by atoms with Gasteiger partial charge in [0.1, 0.15) is 0 Å². The van der Waals surface area contributed by atoms with Crippen LogP contribution in [0.2, 0.25) is 15.1 Å². The van der Waals surface area contributed by atoms with Crippen LogP contribution in [-0.4, -0.2) is 29.1 Å². The number of thioether (sulfide) groups is 1. The van der Waals surface area contributed by atoms with Gasteiger partial charge < -0.3 is 10.2 Å². The fraction of sp³-hybridized carbons (Fsp3) is 0.300. The number of urea groups is 1. The standard InChI is InChI=1S/C10H9Cl3N2OS/c11-6-3-8(13)9(4-7(6)12)14-10(16)15-1-2-17-5-15/h3-4H,1-2,5H2,(H,14,16). The summed E-state index contributed by atoms with van der Waals surface area (Å²) in [5.41, 5.74) is 0.475. The predicted molar refractivity (Wildman–Crippen MR) is 74.5 cm³/mol. The van der Waals surface area contributed by atoms with E-state index in [2.05, 4.69) is 5.32 Å². The van der Waals surface area contributed by atoms with Gasteiger partial charge in [0.2, 0.25) is 0 Å². The van der Waals surface area contributed by atoms with Crippen LogP contribution in [0.4, 0.5) is 10.5 Å². The molecule has 2 amide bonds. The Morgan fingerprint density at radius 2 is 1.94 bits per heavy atom. The number of hydrogen-bond acceptors (Lipinski definition) is 2. The number of nitrogens with one attached hydrogen (secondary N) is 1. The van der Waals surface area contributed by atoms with Crippen molar-refractivity contribution < 1.29 is 4.79 Å². The molecule has 1 saturated heterocycles. The first-order valence-electron chi connectivity index (χ1n) is 4.86. The lowest BCUT2D eigenvalue weighted by molar-refractivity contribution is 0.225. The van der Waals surface area contributed by atoms with Crippen molar-refractivity contribution in [1.29, 1.82) is 0 Å². The predicted octanol–water partition coefficient (Wildman–Crippen LogP) is 4.19. The molecule has 0 radical (unpaired) electrons. The van der Waals surface area contributed by atoms with E-state index in [1.165, 1.54) is 6.07 Å². The highest BCUT2D eigenvalue weighted by molar-refractivity contribution is 7.99. The molecule has 0 bridgehead atoms. The Morgan fingerprint density at radius 3 is 2.59 bits per heavy atom. The molecule has 0 spiro atoms. The Hall–Kier alpha value is -0.290. The summed E-state index contributed by atoms with van der Waals surface area (Å²) >= 11 is 19.4. The molecule has 1 aromatic rings. The van der Waals surface area contributed by atoms with Crippen LogP contribution in [0.1, 0.15) is 0 Å². The first-order chi connectivity index (χ1) is 8.08. The molecular weight excluding hydrogens is 303 g/mol. The van der Waals surface area contributed by atoms with Crippen LogP contribution >= 0.6 is 46.6 Å². The molecule has 0 atom stereocenters. The highest BCUT2D eigenvalue weighted by Crippen LogP contribution is 2.32. The lowest BCUT2D eigenvalue weighted by atomic mass is 10.3. The molecule has 7 heteroatoms. The van der Waals surface area contributed by atoms with Crippen LogP contribution in [0, 0.1) is 0 Å². The fourth-order valence-corrected chi connectivity index (χ4v) is 2.93. The minimum Gasteiger partial charge on any atom is -0.314 e. The number of nitrogens with zero attached hydrogens (tertiary/aromatic N) is 1. The number of carbonyl (C=O) groups excluding carboxylic acids is 1. The molecule has 1 aromatic carbocycles. The van der Waals surface area contributed by atoms with Crippen molar-refractivity contribution in [3.05, 3.63) is 27.2 Å². The topological polar surface area (TPSA) is 32.3 Å². The van der Waals surface area contributed by atoms with Crippen LogP contribution in [0.15, 0.2) is 12.1 Å². The van der Waals surface area contributed by atoms with Gasteiger partial charge in [0, 0.05) is 12.3 Å². The van der Waals surface area contributed by atoms with Crippen molar-refractivity contribution in [3.63, 3.8) is 0 Å². The van der Waals surface area contributed by atoms with E-state index in [0.717, 1.165) is 12.3 Å². The van der Waals surface area contributed by atoms with E-state index < -0.39 is 0 Å². The Kier molecular flexibility index (Phi) is 4.31. The largest absolute Gasteiger partial charge is 0.322 e. The normalized spacial score (nSPS) is 15.1. The van der Waals surface area contributed by atoms with Crippen molar-refractivity contribution in [3.8, 4) is 0 Å². The van der Waals surface area contributed by atoms with E-state index in [-0.39, 0.29) is 6.03 Å². The summed E-state index contributed by atoms with van der Waals surface area (Å²) in [5.74, 6) is 1.66. The smallest absolute Gasteiger partial charge is 0.314 e. The second-order valence-corrected chi connectivity index (χ2v) is 5.77. The van der Waals surface area contributed by atoms with Gasteiger partial charge in [-0.15, -0.1) is 11.8 Å². The molecule has 0 aliphatic carbocycles. The van der Waals surface area contributed by atoms with Crippen LogP contribution in [-0.2, 0) is 0 Å². The summed E-state index contributed by atoms with van der Waals surface area (Å²) in [4.78, 5) is 13.5. The third kappa shape index (κ3) is 3.13. The summed E-state index contributed by atoms with van der Waals surface area (Å²) in [6, 6.07) is 2.89. The molecule has 1 fully saturated rings. The summed E-state index contributed by atoms with van der Waals surface area (Å²) in [6.07, 6.45) is 0. The summed E-state index contributed by atoms with van der Waals surface area (Å²) < 4.78 is 0. The van der Waals surface area contributed by atoms with Gasteiger partial charge >= 0.3 is 6.03 Å². The molecule has 1 heterocycles. The maximum absolute atomic E-state index is 11.8. The Labute approximate surface area is 118 Å². The molecule has 92 valence electrons. The van der Waals surface area contributed by atoms with Crippen LogP contribution in [0.3, 0.4) is 0 Å². The number of halogens is 3.